The molecule has 250 valence electrons. The number of carbonyl (C=O) groups excluding carboxylic acids is 2. The highest BCUT2D eigenvalue weighted by Crippen LogP contribution is 2.26. The van der Waals surface area contributed by atoms with Gasteiger partial charge in [-0.2, -0.15) is 4.31 Å². The molecule has 3 fully saturated rings. The number of nitrogens with one attached hydrogen (secondary N) is 1. The van der Waals surface area contributed by atoms with Crippen LogP contribution >= 0.6 is 0 Å². The van der Waals surface area contributed by atoms with Crippen LogP contribution in [0, 0.1) is 0 Å². The van der Waals surface area contributed by atoms with Crippen molar-refractivity contribution in [3.63, 3.8) is 0 Å². The summed E-state index contributed by atoms with van der Waals surface area (Å²) in [6.07, 6.45) is 1.35. The van der Waals surface area contributed by atoms with Gasteiger partial charge in [0.25, 0.3) is 0 Å². The molecule has 3 aliphatic heterocycles. The van der Waals surface area contributed by atoms with Crippen LogP contribution in [-0.2, 0) is 19.6 Å². The van der Waals surface area contributed by atoms with Crippen molar-refractivity contribution in [1.29, 1.82) is 0 Å². The SMILES string of the molecule is CCOc1ccc(NC(=O)N2CCN(S(=O)(=O)c3ccc(N4CCOCC4)nc3)C(C(=O)N3CCN(c4ccccc4)CC3)C2)cc1. The van der Waals surface area contributed by atoms with Crippen molar-refractivity contribution in [2.75, 3.05) is 93.8 Å². The third-order valence-electron chi connectivity index (χ3n) is 8.70. The number of rotatable bonds is 8. The molecule has 0 bridgehead atoms. The molecule has 0 aliphatic carbocycles. The lowest BCUT2D eigenvalue weighted by molar-refractivity contribution is -0.137. The Labute approximate surface area is 275 Å². The van der Waals surface area contributed by atoms with Crippen LogP contribution < -0.4 is 19.9 Å². The third kappa shape index (κ3) is 7.45. The van der Waals surface area contributed by atoms with Gasteiger partial charge in [-0.15, -0.1) is 0 Å². The number of anilines is 3. The largest absolute Gasteiger partial charge is 0.494 e. The highest BCUT2D eigenvalue weighted by molar-refractivity contribution is 7.89. The maximum Gasteiger partial charge on any atom is 0.321 e. The van der Waals surface area contributed by atoms with Crippen LogP contribution in [0.15, 0.2) is 77.8 Å². The van der Waals surface area contributed by atoms with E-state index in [0.717, 1.165) is 5.69 Å². The van der Waals surface area contributed by atoms with E-state index in [4.69, 9.17) is 9.47 Å². The molecule has 6 rings (SSSR count). The van der Waals surface area contributed by atoms with Gasteiger partial charge in [-0.25, -0.2) is 18.2 Å². The average Bonchev–Trinajstić information content (AvgIpc) is 3.13. The van der Waals surface area contributed by atoms with Gasteiger partial charge in [0.2, 0.25) is 15.9 Å². The molecule has 1 aromatic heterocycles. The molecule has 1 unspecified atom stereocenters. The number of pyridine rings is 1. The van der Waals surface area contributed by atoms with Crippen LogP contribution in [-0.4, -0.2) is 124 Å². The van der Waals surface area contributed by atoms with Crippen molar-refractivity contribution in [1.82, 2.24) is 19.1 Å². The van der Waals surface area contributed by atoms with E-state index in [1.54, 1.807) is 35.2 Å². The molecule has 47 heavy (non-hydrogen) atoms. The van der Waals surface area contributed by atoms with Gasteiger partial charge in [0.15, 0.2) is 0 Å². The first-order chi connectivity index (χ1) is 22.8. The molecule has 0 radical (unpaired) electrons. The predicted molar refractivity (Wildman–Crippen MR) is 178 cm³/mol. The molecule has 3 aliphatic rings. The number of sulfonamides is 1. The number of benzene rings is 2. The van der Waals surface area contributed by atoms with Gasteiger partial charge < -0.3 is 34.4 Å². The van der Waals surface area contributed by atoms with Crippen LogP contribution in [0.5, 0.6) is 5.75 Å². The number of ether oxygens (including phenoxy) is 2. The second-order valence-corrected chi connectivity index (χ2v) is 13.5. The molecule has 4 heterocycles. The predicted octanol–water partition coefficient (Wildman–Crippen LogP) is 2.57. The molecular weight excluding hydrogens is 622 g/mol. The first-order valence-corrected chi connectivity index (χ1v) is 17.5. The first kappa shape index (κ1) is 32.5. The molecule has 14 heteroatoms. The summed E-state index contributed by atoms with van der Waals surface area (Å²) in [7, 11) is -4.12. The number of nitrogens with zero attached hydrogens (tertiary/aromatic N) is 6. The monoisotopic (exact) mass is 663 g/mol. The summed E-state index contributed by atoms with van der Waals surface area (Å²) in [5.74, 6) is 1.04. The lowest BCUT2D eigenvalue weighted by Crippen LogP contribution is -2.63. The molecule has 1 N–H and O–H groups in total. The van der Waals surface area contributed by atoms with E-state index >= 15 is 0 Å². The fourth-order valence-electron chi connectivity index (χ4n) is 6.12. The summed E-state index contributed by atoms with van der Waals surface area (Å²) in [6, 6.07) is 18.7. The summed E-state index contributed by atoms with van der Waals surface area (Å²) in [5, 5.41) is 2.87. The number of carbonyl (C=O) groups is 2. The standard InChI is InChI=1S/C33H41N7O6S/c1-2-46-28-10-8-26(9-11-28)35-33(42)39-18-19-40(47(43,44)29-12-13-31(34-24-29)37-20-22-45-23-21-37)30(25-39)32(41)38-16-14-36(15-17-38)27-6-4-3-5-7-27/h3-13,24,30H,2,14-23,25H2,1H3,(H,35,42). The summed E-state index contributed by atoms with van der Waals surface area (Å²) < 4.78 is 40.4. The van der Waals surface area contributed by atoms with E-state index in [2.05, 4.69) is 15.2 Å². The van der Waals surface area contributed by atoms with E-state index < -0.39 is 22.1 Å². The molecule has 2 aromatic carbocycles. The van der Waals surface area contributed by atoms with Crippen molar-refractivity contribution in [2.45, 2.75) is 17.9 Å². The minimum Gasteiger partial charge on any atom is -0.494 e. The number of piperazine rings is 2. The summed E-state index contributed by atoms with van der Waals surface area (Å²) in [5.41, 5.74) is 1.64. The molecular formula is C33H41N7O6S. The minimum absolute atomic E-state index is 0.00787. The number of morpholine rings is 1. The Morgan fingerprint density at radius 2 is 1.55 bits per heavy atom. The van der Waals surface area contributed by atoms with Crippen molar-refractivity contribution < 1.29 is 27.5 Å². The number of para-hydroxylation sites is 1. The minimum atomic E-state index is -4.12. The van der Waals surface area contributed by atoms with Gasteiger partial charge in [0.05, 0.1) is 19.8 Å². The second-order valence-electron chi connectivity index (χ2n) is 11.6. The van der Waals surface area contributed by atoms with Crippen molar-refractivity contribution >= 4 is 39.2 Å². The fraction of sp³-hybridized carbons (Fsp3) is 0.424. The number of hydrogen-bond donors (Lipinski definition) is 1. The lowest BCUT2D eigenvalue weighted by Gasteiger charge is -2.43. The number of amides is 3. The normalized spacial score (nSPS) is 19.4. The Morgan fingerprint density at radius 1 is 0.851 bits per heavy atom. The second kappa shape index (κ2) is 14.6. The van der Waals surface area contributed by atoms with Crippen LogP contribution in [0.25, 0.3) is 0 Å². The molecule has 3 amide bonds. The number of hydrogen-bond acceptors (Lipinski definition) is 9. The molecule has 1 atom stereocenters. The molecule has 0 spiro atoms. The van der Waals surface area contributed by atoms with Gasteiger partial charge >= 0.3 is 6.03 Å². The van der Waals surface area contributed by atoms with Crippen LogP contribution in [0.3, 0.4) is 0 Å². The Hall–Kier alpha value is -4.40. The Morgan fingerprint density at radius 3 is 2.21 bits per heavy atom. The Kier molecular flexibility index (Phi) is 10.1. The smallest absolute Gasteiger partial charge is 0.321 e. The Balaban J connectivity index is 1.20. The zero-order valence-corrected chi connectivity index (χ0v) is 27.3. The van der Waals surface area contributed by atoms with Gasteiger partial charge in [-0.1, -0.05) is 18.2 Å². The molecule has 13 nitrogen and oxygen atoms in total. The highest BCUT2D eigenvalue weighted by atomic mass is 32.2. The van der Waals surface area contributed by atoms with Crippen molar-refractivity contribution in [2.24, 2.45) is 0 Å². The maximum atomic E-state index is 14.2. The zero-order chi connectivity index (χ0) is 32.8. The fourth-order valence-corrected chi connectivity index (χ4v) is 7.63. The van der Waals surface area contributed by atoms with Crippen molar-refractivity contribution in [3.8, 4) is 5.75 Å². The summed E-state index contributed by atoms with van der Waals surface area (Å²) in [6.45, 7) is 7.05. The van der Waals surface area contributed by atoms with Gasteiger partial charge in [0, 0.05) is 76.5 Å². The first-order valence-electron chi connectivity index (χ1n) is 16.0. The molecule has 3 aromatic rings. The summed E-state index contributed by atoms with van der Waals surface area (Å²) in [4.78, 5) is 39.5. The quantitative estimate of drug-likeness (QED) is 0.387. The van der Waals surface area contributed by atoms with E-state index in [0.29, 0.717) is 76.3 Å². The third-order valence-corrected chi connectivity index (χ3v) is 10.6. The van der Waals surface area contributed by atoms with Gasteiger partial charge in [0.1, 0.15) is 22.5 Å². The topological polar surface area (TPSA) is 128 Å². The van der Waals surface area contributed by atoms with Gasteiger partial charge in [-0.3, -0.25) is 4.79 Å². The maximum absolute atomic E-state index is 14.2. The number of urea groups is 1. The zero-order valence-electron chi connectivity index (χ0n) is 26.5. The molecule has 3 saturated heterocycles. The van der Waals surface area contributed by atoms with Crippen molar-refractivity contribution in [3.05, 3.63) is 72.9 Å². The van der Waals surface area contributed by atoms with E-state index in [-0.39, 0.29) is 30.4 Å². The van der Waals surface area contributed by atoms with E-state index in [1.165, 1.54) is 21.5 Å². The number of aromatic nitrogens is 1. The van der Waals surface area contributed by atoms with Crippen LogP contribution in [0.1, 0.15) is 6.92 Å². The molecule has 0 saturated carbocycles. The van der Waals surface area contributed by atoms with E-state index in [1.807, 2.05) is 42.2 Å². The van der Waals surface area contributed by atoms with Crippen LogP contribution in [0.4, 0.5) is 22.0 Å². The average molecular weight is 664 g/mol. The highest BCUT2D eigenvalue weighted by Gasteiger charge is 2.43. The summed E-state index contributed by atoms with van der Waals surface area (Å²) >= 11 is 0. The Bertz CT molecular complexity index is 1610. The lowest BCUT2D eigenvalue weighted by atomic mass is 10.1. The van der Waals surface area contributed by atoms with Gasteiger partial charge in [-0.05, 0) is 55.5 Å². The van der Waals surface area contributed by atoms with E-state index in [9.17, 15) is 18.0 Å². The van der Waals surface area contributed by atoms with Crippen LogP contribution in [0.2, 0.25) is 0 Å².